The van der Waals surface area contributed by atoms with E-state index in [1.807, 2.05) is 36.1 Å². The number of carbonyl (C=O) groups is 1. The first-order valence-electron chi connectivity index (χ1n) is 7.05. The summed E-state index contributed by atoms with van der Waals surface area (Å²) >= 11 is 3.39. The molecule has 0 aromatic heterocycles. The quantitative estimate of drug-likeness (QED) is 0.915. The number of hydrogen-bond acceptors (Lipinski definition) is 3. The third kappa shape index (κ3) is 2.83. The van der Waals surface area contributed by atoms with E-state index in [-0.39, 0.29) is 5.91 Å². The molecule has 1 aromatic carbocycles. The van der Waals surface area contributed by atoms with Gasteiger partial charge in [-0.15, -0.1) is 0 Å². The monoisotopic (exact) mass is 338 g/mol. The summed E-state index contributed by atoms with van der Waals surface area (Å²) in [6, 6.07) is 7.57. The maximum Gasteiger partial charge on any atom is 0.263 e. The number of nitrogens with zero attached hydrogens (tertiary/aromatic N) is 1. The van der Waals surface area contributed by atoms with Gasteiger partial charge in [0.1, 0.15) is 5.75 Å². The molecule has 2 aliphatic rings. The van der Waals surface area contributed by atoms with Crippen molar-refractivity contribution < 1.29 is 9.53 Å². The lowest BCUT2D eigenvalue weighted by Gasteiger charge is -2.22. The van der Waals surface area contributed by atoms with Crippen molar-refractivity contribution >= 4 is 21.8 Å². The number of amides is 1. The van der Waals surface area contributed by atoms with Crippen LogP contribution in [0.5, 0.6) is 5.75 Å². The number of likely N-dealkylation sites (tertiary alicyclic amines) is 1. The molecule has 1 N–H and O–H groups in total. The van der Waals surface area contributed by atoms with Crippen molar-refractivity contribution in [3.8, 4) is 5.75 Å². The number of benzene rings is 1. The van der Waals surface area contributed by atoms with E-state index in [2.05, 4.69) is 21.2 Å². The molecular formula is C15H19BrN2O2. The Hall–Kier alpha value is -1.07. The first kappa shape index (κ1) is 13.9. The normalized spacial score (nSPS) is 26.4. The summed E-state index contributed by atoms with van der Waals surface area (Å²) in [5, 5.41) is 3.38. The van der Waals surface area contributed by atoms with Gasteiger partial charge in [0, 0.05) is 30.7 Å². The Morgan fingerprint density at radius 2 is 1.90 bits per heavy atom. The molecular weight excluding hydrogens is 320 g/mol. The molecule has 0 bridgehead atoms. The van der Waals surface area contributed by atoms with Crippen LogP contribution in [-0.2, 0) is 4.79 Å². The van der Waals surface area contributed by atoms with Crippen LogP contribution in [0, 0.1) is 11.8 Å². The van der Waals surface area contributed by atoms with Gasteiger partial charge in [0.25, 0.3) is 5.91 Å². The Balaban J connectivity index is 1.58. The summed E-state index contributed by atoms with van der Waals surface area (Å²) < 4.78 is 6.74. The number of hydrogen-bond donors (Lipinski definition) is 1. The number of ether oxygens (including phenoxy) is 1. The minimum Gasteiger partial charge on any atom is -0.481 e. The van der Waals surface area contributed by atoms with E-state index in [1.54, 1.807) is 0 Å². The van der Waals surface area contributed by atoms with Gasteiger partial charge in [-0.1, -0.05) is 15.9 Å². The van der Waals surface area contributed by atoms with Crippen molar-refractivity contribution in [2.45, 2.75) is 13.0 Å². The lowest BCUT2D eigenvalue weighted by Crippen LogP contribution is -2.40. The highest BCUT2D eigenvalue weighted by Crippen LogP contribution is 2.27. The number of carbonyl (C=O) groups excluding carboxylic acids is 1. The van der Waals surface area contributed by atoms with Gasteiger partial charge in [-0.25, -0.2) is 0 Å². The molecule has 2 saturated heterocycles. The highest BCUT2D eigenvalue weighted by atomic mass is 79.9. The molecule has 0 saturated carbocycles. The van der Waals surface area contributed by atoms with Crippen molar-refractivity contribution in [1.29, 1.82) is 0 Å². The Morgan fingerprint density at radius 1 is 1.30 bits per heavy atom. The maximum atomic E-state index is 12.4. The summed E-state index contributed by atoms with van der Waals surface area (Å²) in [5.41, 5.74) is 0. The summed E-state index contributed by atoms with van der Waals surface area (Å²) in [5.74, 6) is 2.08. The van der Waals surface area contributed by atoms with Gasteiger partial charge in [0.2, 0.25) is 0 Å². The number of halogens is 1. The molecule has 0 aliphatic carbocycles. The predicted octanol–water partition coefficient (Wildman–Crippen LogP) is 1.89. The number of fused-ring (bicyclic) bond motifs is 1. The van der Waals surface area contributed by atoms with Crippen LogP contribution in [0.25, 0.3) is 0 Å². The van der Waals surface area contributed by atoms with Crippen molar-refractivity contribution in [2.75, 3.05) is 26.2 Å². The number of rotatable bonds is 3. The van der Waals surface area contributed by atoms with E-state index >= 15 is 0 Å². The molecule has 108 valence electrons. The van der Waals surface area contributed by atoms with Gasteiger partial charge in [-0.05, 0) is 43.0 Å². The van der Waals surface area contributed by atoms with Crippen LogP contribution in [0.15, 0.2) is 28.7 Å². The fourth-order valence-electron chi connectivity index (χ4n) is 3.06. The Morgan fingerprint density at radius 3 is 2.50 bits per heavy atom. The molecule has 4 nitrogen and oxygen atoms in total. The molecule has 3 atom stereocenters. The van der Waals surface area contributed by atoms with E-state index in [1.165, 1.54) is 0 Å². The minimum absolute atomic E-state index is 0.0994. The Bertz CT molecular complexity index is 479. The fourth-order valence-corrected chi connectivity index (χ4v) is 3.32. The Labute approximate surface area is 127 Å². The van der Waals surface area contributed by atoms with Gasteiger partial charge < -0.3 is 15.0 Å². The first-order chi connectivity index (χ1) is 9.63. The largest absolute Gasteiger partial charge is 0.481 e. The van der Waals surface area contributed by atoms with Crippen LogP contribution < -0.4 is 10.1 Å². The van der Waals surface area contributed by atoms with Crippen LogP contribution in [-0.4, -0.2) is 43.1 Å². The second kappa shape index (κ2) is 5.74. The van der Waals surface area contributed by atoms with Gasteiger partial charge in [-0.3, -0.25) is 4.79 Å². The van der Waals surface area contributed by atoms with E-state index < -0.39 is 6.10 Å². The molecule has 3 rings (SSSR count). The molecule has 2 heterocycles. The summed E-state index contributed by atoms with van der Waals surface area (Å²) in [6.45, 7) is 5.64. The molecule has 2 aliphatic heterocycles. The molecule has 20 heavy (non-hydrogen) atoms. The van der Waals surface area contributed by atoms with Crippen molar-refractivity contribution in [1.82, 2.24) is 10.2 Å². The molecule has 1 aromatic rings. The second-order valence-electron chi connectivity index (χ2n) is 5.64. The summed E-state index contributed by atoms with van der Waals surface area (Å²) in [4.78, 5) is 14.4. The SMILES string of the molecule is CC(Oc1ccc(Br)cc1)C(=O)N1C[C@H]2CNC[C@H]2C1. The first-order valence-corrected chi connectivity index (χ1v) is 7.84. The highest BCUT2D eigenvalue weighted by Gasteiger charge is 2.39. The zero-order chi connectivity index (χ0) is 14.1. The Kier molecular flexibility index (Phi) is 3.98. The molecule has 2 fully saturated rings. The smallest absolute Gasteiger partial charge is 0.263 e. The van der Waals surface area contributed by atoms with Crippen LogP contribution in [0.2, 0.25) is 0 Å². The molecule has 0 spiro atoms. The van der Waals surface area contributed by atoms with Crippen LogP contribution >= 0.6 is 15.9 Å². The number of nitrogens with one attached hydrogen (secondary N) is 1. The topological polar surface area (TPSA) is 41.6 Å². The molecule has 1 amide bonds. The van der Waals surface area contributed by atoms with Crippen molar-refractivity contribution in [3.05, 3.63) is 28.7 Å². The van der Waals surface area contributed by atoms with E-state index in [9.17, 15) is 4.79 Å². The van der Waals surface area contributed by atoms with E-state index in [0.717, 1.165) is 36.4 Å². The maximum absolute atomic E-state index is 12.4. The molecule has 1 unspecified atom stereocenters. The average Bonchev–Trinajstić information content (AvgIpc) is 3.01. The lowest BCUT2D eigenvalue weighted by atomic mass is 10.0. The molecule has 5 heteroatoms. The fraction of sp³-hybridized carbons (Fsp3) is 0.533. The van der Waals surface area contributed by atoms with E-state index in [0.29, 0.717) is 11.8 Å². The van der Waals surface area contributed by atoms with Crippen LogP contribution in [0.3, 0.4) is 0 Å². The third-order valence-corrected chi connectivity index (χ3v) is 4.70. The predicted molar refractivity (Wildman–Crippen MR) is 80.7 cm³/mol. The zero-order valence-corrected chi connectivity index (χ0v) is 13.1. The van der Waals surface area contributed by atoms with Gasteiger partial charge >= 0.3 is 0 Å². The third-order valence-electron chi connectivity index (χ3n) is 4.18. The van der Waals surface area contributed by atoms with Crippen molar-refractivity contribution in [2.24, 2.45) is 11.8 Å². The summed E-state index contributed by atoms with van der Waals surface area (Å²) in [6.07, 6.45) is -0.428. The second-order valence-corrected chi connectivity index (χ2v) is 6.55. The standard InChI is InChI=1S/C15H19BrN2O2/c1-10(20-14-4-2-13(16)3-5-14)15(19)18-8-11-6-17-7-12(11)9-18/h2-5,10-12,17H,6-9H2,1H3/t10?,11-,12+. The minimum atomic E-state index is -0.428. The zero-order valence-electron chi connectivity index (χ0n) is 11.5. The molecule has 0 radical (unpaired) electrons. The van der Waals surface area contributed by atoms with Crippen molar-refractivity contribution in [3.63, 3.8) is 0 Å². The summed E-state index contributed by atoms with van der Waals surface area (Å²) in [7, 11) is 0. The van der Waals surface area contributed by atoms with Gasteiger partial charge in [0.15, 0.2) is 6.10 Å². The van der Waals surface area contributed by atoms with Gasteiger partial charge in [0.05, 0.1) is 0 Å². The average molecular weight is 339 g/mol. The van der Waals surface area contributed by atoms with Crippen LogP contribution in [0.1, 0.15) is 6.92 Å². The van der Waals surface area contributed by atoms with Gasteiger partial charge in [-0.2, -0.15) is 0 Å². The lowest BCUT2D eigenvalue weighted by molar-refractivity contribution is -0.137. The highest BCUT2D eigenvalue weighted by molar-refractivity contribution is 9.10. The van der Waals surface area contributed by atoms with E-state index in [4.69, 9.17) is 4.74 Å². The van der Waals surface area contributed by atoms with Crippen LogP contribution in [0.4, 0.5) is 0 Å².